The second-order valence-electron chi connectivity index (χ2n) is 5.11. The minimum absolute atomic E-state index is 0.139. The third-order valence-electron chi connectivity index (χ3n) is 3.09. The lowest BCUT2D eigenvalue weighted by molar-refractivity contribution is 0.575. The Kier molecular flexibility index (Phi) is 4.04. The van der Waals surface area contributed by atoms with Gasteiger partial charge in [-0.25, -0.2) is 21.6 Å². The summed E-state index contributed by atoms with van der Waals surface area (Å²) < 4.78 is 49.2. The van der Waals surface area contributed by atoms with E-state index < -0.39 is 25.9 Å². The molecule has 7 heteroatoms. The number of rotatable bonds is 4. The van der Waals surface area contributed by atoms with Gasteiger partial charge in [0.15, 0.2) is 9.84 Å². The van der Waals surface area contributed by atoms with Crippen LogP contribution in [0, 0.1) is 0 Å². The van der Waals surface area contributed by atoms with Crippen LogP contribution in [0.4, 0.5) is 0 Å². The van der Waals surface area contributed by atoms with E-state index in [2.05, 4.69) is 4.72 Å². The summed E-state index contributed by atoms with van der Waals surface area (Å²) in [5, 5.41) is 1.04. The molecule has 1 aliphatic heterocycles. The van der Waals surface area contributed by atoms with Gasteiger partial charge in [0, 0.05) is 5.41 Å². The van der Waals surface area contributed by atoms with Crippen molar-refractivity contribution in [2.45, 2.75) is 30.7 Å². The summed E-state index contributed by atoms with van der Waals surface area (Å²) in [6.45, 7) is 4.05. The minimum Gasteiger partial charge on any atom is -0.224 e. The van der Waals surface area contributed by atoms with Gasteiger partial charge in [-0.05, 0) is 23.6 Å². The lowest BCUT2D eigenvalue weighted by Crippen LogP contribution is -2.35. The molecule has 0 fully saturated rings. The van der Waals surface area contributed by atoms with Crippen LogP contribution in [0.5, 0.6) is 0 Å². The van der Waals surface area contributed by atoms with E-state index in [0.717, 1.165) is 11.0 Å². The lowest BCUT2D eigenvalue weighted by atomic mass is 10.0. The maximum absolute atomic E-state index is 12.1. The molecule has 0 radical (unpaired) electrons. The molecule has 20 heavy (non-hydrogen) atoms. The van der Waals surface area contributed by atoms with Crippen LogP contribution in [0.15, 0.2) is 40.6 Å². The monoisotopic (exact) mass is 315 g/mol. The quantitative estimate of drug-likeness (QED) is 0.910. The summed E-state index contributed by atoms with van der Waals surface area (Å²) in [5.41, 5.74) is 1.05. The molecule has 1 aliphatic rings. The third-order valence-corrected chi connectivity index (χ3v) is 6.00. The first-order valence-electron chi connectivity index (χ1n) is 6.23. The fraction of sp³-hybridized carbons (Fsp3) is 0.385. The van der Waals surface area contributed by atoms with Crippen LogP contribution in [0.3, 0.4) is 0 Å². The van der Waals surface area contributed by atoms with E-state index in [1.165, 1.54) is 18.2 Å². The Bertz CT molecular complexity index is 716. The molecule has 1 N–H and O–H groups in total. The van der Waals surface area contributed by atoms with Gasteiger partial charge in [0.2, 0.25) is 10.0 Å². The number of nitrogens with one attached hydrogen (secondary N) is 1. The standard InChI is InChI=1S/C13H17NO4S2/c1-10(2)11-3-5-13(6-4-11)20(17,18)14-12-7-8-19(15,16)9-12/h3-8,10,12,14H,9H2,1-2H3/t12-/m0/s1. The van der Waals surface area contributed by atoms with E-state index in [-0.39, 0.29) is 10.6 Å². The van der Waals surface area contributed by atoms with Gasteiger partial charge < -0.3 is 0 Å². The highest BCUT2D eigenvalue weighted by atomic mass is 32.2. The highest BCUT2D eigenvalue weighted by Crippen LogP contribution is 2.18. The number of sulfone groups is 1. The summed E-state index contributed by atoms with van der Waals surface area (Å²) in [6.07, 6.45) is 1.36. The first-order chi connectivity index (χ1) is 9.20. The molecule has 5 nitrogen and oxygen atoms in total. The molecule has 1 heterocycles. The predicted octanol–water partition coefficient (Wildman–Crippen LogP) is 1.40. The Balaban J connectivity index is 2.17. The molecule has 1 aromatic carbocycles. The summed E-state index contributed by atoms with van der Waals surface area (Å²) in [6, 6.07) is 5.89. The van der Waals surface area contributed by atoms with Crippen molar-refractivity contribution in [1.82, 2.24) is 4.72 Å². The van der Waals surface area contributed by atoms with Crippen LogP contribution in [-0.4, -0.2) is 28.6 Å². The fourth-order valence-electron chi connectivity index (χ4n) is 1.95. The van der Waals surface area contributed by atoms with Crippen LogP contribution in [-0.2, 0) is 19.9 Å². The number of hydrogen-bond acceptors (Lipinski definition) is 4. The maximum Gasteiger partial charge on any atom is 0.241 e. The van der Waals surface area contributed by atoms with Crippen LogP contribution in [0.1, 0.15) is 25.3 Å². The molecule has 1 atom stereocenters. The molecule has 2 rings (SSSR count). The van der Waals surface area contributed by atoms with Gasteiger partial charge in [-0.1, -0.05) is 32.1 Å². The SMILES string of the molecule is CC(C)c1ccc(S(=O)(=O)N[C@H]2C=CS(=O)(=O)C2)cc1. The summed E-state index contributed by atoms with van der Waals surface area (Å²) >= 11 is 0. The minimum atomic E-state index is -3.70. The Labute approximate surface area is 119 Å². The topological polar surface area (TPSA) is 80.3 Å². The van der Waals surface area contributed by atoms with Gasteiger partial charge in [-0.15, -0.1) is 0 Å². The number of hydrogen-bond donors (Lipinski definition) is 1. The van der Waals surface area contributed by atoms with E-state index in [4.69, 9.17) is 0 Å². The van der Waals surface area contributed by atoms with Gasteiger partial charge in [0.25, 0.3) is 0 Å². The molecule has 0 amide bonds. The first kappa shape index (κ1) is 15.2. The maximum atomic E-state index is 12.1. The Morgan fingerprint density at radius 2 is 1.80 bits per heavy atom. The van der Waals surface area contributed by atoms with Crippen molar-refractivity contribution in [3.05, 3.63) is 41.3 Å². The van der Waals surface area contributed by atoms with Gasteiger partial charge >= 0.3 is 0 Å². The molecule has 0 aromatic heterocycles. The fourth-order valence-corrected chi connectivity index (χ4v) is 4.48. The van der Waals surface area contributed by atoms with E-state index in [9.17, 15) is 16.8 Å². The highest BCUT2D eigenvalue weighted by molar-refractivity contribution is 7.94. The first-order valence-corrected chi connectivity index (χ1v) is 9.43. The zero-order valence-corrected chi connectivity index (χ0v) is 12.9. The molecule has 0 aliphatic carbocycles. The van der Waals surface area contributed by atoms with E-state index in [1.54, 1.807) is 12.1 Å². The zero-order valence-electron chi connectivity index (χ0n) is 11.3. The molecule has 0 saturated carbocycles. The van der Waals surface area contributed by atoms with Crippen LogP contribution < -0.4 is 4.72 Å². The molecule has 0 bridgehead atoms. The summed E-state index contributed by atoms with van der Waals surface area (Å²) in [4.78, 5) is 0.139. The highest BCUT2D eigenvalue weighted by Gasteiger charge is 2.26. The average Bonchev–Trinajstić information content (AvgIpc) is 2.68. The number of sulfonamides is 1. The van der Waals surface area contributed by atoms with Crippen LogP contribution in [0.25, 0.3) is 0 Å². The Morgan fingerprint density at radius 1 is 1.20 bits per heavy atom. The van der Waals surface area contributed by atoms with Gasteiger partial charge in [0.05, 0.1) is 16.7 Å². The second kappa shape index (κ2) is 5.31. The van der Waals surface area contributed by atoms with Crippen LogP contribution in [0.2, 0.25) is 0 Å². The zero-order chi connectivity index (χ0) is 15.0. The van der Waals surface area contributed by atoms with Crippen LogP contribution >= 0.6 is 0 Å². The average molecular weight is 315 g/mol. The van der Waals surface area contributed by atoms with Crippen molar-refractivity contribution in [2.24, 2.45) is 0 Å². The van der Waals surface area contributed by atoms with Gasteiger partial charge in [0.1, 0.15) is 0 Å². The van der Waals surface area contributed by atoms with E-state index in [1.807, 2.05) is 13.8 Å². The smallest absolute Gasteiger partial charge is 0.224 e. The molecular formula is C13H17NO4S2. The molecular weight excluding hydrogens is 298 g/mol. The second-order valence-corrected chi connectivity index (χ2v) is 8.75. The third kappa shape index (κ3) is 3.47. The molecule has 110 valence electrons. The summed E-state index contributed by atoms with van der Waals surface area (Å²) in [7, 11) is -6.98. The normalized spacial score (nSPS) is 21.4. The number of benzene rings is 1. The molecule has 1 aromatic rings. The van der Waals surface area contributed by atoms with Crippen molar-refractivity contribution >= 4 is 19.9 Å². The van der Waals surface area contributed by atoms with E-state index >= 15 is 0 Å². The lowest BCUT2D eigenvalue weighted by Gasteiger charge is -2.12. The van der Waals surface area contributed by atoms with Gasteiger partial charge in [-0.3, -0.25) is 0 Å². The Hall–Kier alpha value is -1.18. The molecule has 0 spiro atoms. The molecule has 0 unspecified atom stereocenters. The van der Waals surface area contributed by atoms with Gasteiger partial charge in [-0.2, -0.15) is 0 Å². The summed E-state index contributed by atoms with van der Waals surface area (Å²) in [5.74, 6) is 0.0960. The van der Waals surface area contributed by atoms with Crippen molar-refractivity contribution < 1.29 is 16.8 Å². The van der Waals surface area contributed by atoms with Crippen molar-refractivity contribution in [2.75, 3.05) is 5.75 Å². The Morgan fingerprint density at radius 3 is 2.25 bits per heavy atom. The van der Waals surface area contributed by atoms with Crippen molar-refractivity contribution in [3.8, 4) is 0 Å². The molecule has 0 saturated heterocycles. The van der Waals surface area contributed by atoms with Crippen molar-refractivity contribution in [1.29, 1.82) is 0 Å². The largest absolute Gasteiger partial charge is 0.241 e. The van der Waals surface area contributed by atoms with Crippen molar-refractivity contribution in [3.63, 3.8) is 0 Å². The predicted molar refractivity (Wildman–Crippen MR) is 77.6 cm³/mol. The van der Waals surface area contributed by atoms with E-state index in [0.29, 0.717) is 5.92 Å².